The van der Waals surface area contributed by atoms with Gasteiger partial charge < -0.3 is 19.2 Å². The topological polar surface area (TPSA) is 93.6 Å². The molecule has 1 saturated heterocycles. The van der Waals surface area contributed by atoms with Crippen molar-refractivity contribution in [2.24, 2.45) is 7.05 Å². The van der Waals surface area contributed by atoms with Crippen LogP contribution in [0.15, 0.2) is 32.6 Å². The van der Waals surface area contributed by atoms with Crippen molar-refractivity contribution in [1.82, 2.24) is 14.8 Å². The normalized spacial score (nSPS) is 14.8. The predicted molar refractivity (Wildman–Crippen MR) is 102 cm³/mol. The van der Waals surface area contributed by atoms with Crippen LogP contribution in [-0.2, 0) is 17.5 Å². The molecule has 0 amide bonds. The number of benzene rings is 1. The first-order valence-electron chi connectivity index (χ1n) is 8.65. The molecule has 1 N–H and O–H groups in total. The number of hydrogen-bond acceptors (Lipinski definition) is 8. The lowest BCUT2D eigenvalue weighted by molar-refractivity contribution is 0.121. The Labute approximate surface area is 159 Å². The Kier molecular flexibility index (Phi) is 4.79. The number of hydrogen-bond donors (Lipinski definition) is 1. The fraction of sp³-hybridized carbons (Fsp3) is 0.389. The number of aromatic hydroxyl groups is 1. The second kappa shape index (κ2) is 7.24. The van der Waals surface area contributed by atoms with Crippen molar-refractivity contribution >= 4 is 28.7 Å². The molecule has 27 heavy (non-hydrogen) atoms. The highest BCUT2D eigenvalue weighted by atomic mass is 32.2. The van der Waals surface area contributed by atoms with E-state index in [9.17, 15) is 9.90 Å². The summed E-state index contributed by atoms with van der Waals surface area (Å²) in [5.74, 6) is 1.47. The van der Waals surface area contributed by atoms with Crippen molar-refractivity contribution in [2.75, 3.05) is 31.2 Å². The molecule has 1 aliphatic rings. The Hall–Kier alpha value is -2.52. The van der Waals surface area contributed by atoms with Gasteiger partial charge >= 0.3 is 5.63 Å². The largest absolute Gasteiger partial charge is 0.508 e. The van der Waals surface area contributed by atoms with Crippen LogP contribution in [0.4, 0.5) is 5.95 Å². The van der Waals surface area contributed by atoms with Crippen LogP contribution in [-0.4, -0.2) is 46.2 Å². The maximum Gasteiger partial charge on any atom is 0.336 e. The molecule has 0 saturated carbocycles. The van der Waals surface area contributed by atoms with E-state index in [-0.39, 0.29) is 5.75 Å². The molecule has 0 aliphatic carbocycles. The summed E-state index contributed by atoms with van der Waals surface area (Å²) >= 11 is 1.51. The third kappa shape index (κ3) is 3.40. The highest BCUT2D eigenvalue weighted by molar-refractivity contribution is 7.98. The summed E-state index contributed by atoms with van der Waals surface area (Å²) in [5.41, 5.74) is 1.39. The minimum Gasteiger partial charge on any atom is -0.508 e. The summed E-state index contributed by atoms with van der Waals surface area (Å²) in [6, 6.07) is 4.88. The molecule has 3 aromatic rings. The van der Waals surface area contributed by atoms with Gasteiger partial charge in [-0.05, 0) is 24.6 Å². The van der Waals surface area contributed by atoms with E-state index in [0.29, 0.717) is 30.1 Å². The molecule has 0 bridgehead atoms. The van der Waals surface area contributed by atoms with Gasteiger partial charge in [-0.25, -0.2) is 4.79 Å². The number of aryl methyl sites for hydroxylation is 1. The number of fused-ring (bicyclic) bond motifs is 1. The molecule has 0 spiro atoms. The summed E-state index contributed by atoms with van der Waals surface area (Å²) in [4.78, 5) is 14.1. The van der Waals surface area contributed by atoms with Crippen molar-refractivity contribution < 1.29 is 14.3 Å². The van der Waals surface area contributed by atoms with Gasteiger partial charge in [-0.3, -0.25) is 4.57 Å². The van der Waals surface area contributed by atoms with E-state index in [2.05, 4.69) is 15.1 Å². The Balaban J connectivity index is 1.60. The number of anilines is 1. The lowest BCUT2D eigenvalue weighted by Crippen LogP contribution is -2.37. The summed E-state index contributed by atoms with van der Waals surface area (Å²) < 4.78 is 12.6. The van der Waals surface area contributed by atoms with Gasteiger partial charge in [0.25, 0.3) is 0 Å². The summed E-state index contributed by atoms with van der Waals surface area (Å²) in [6.45, 7) is 4.70. The van der Waals surface area contributed by atoms with E-state index >= 15 is 0 Å². The van der Waals surface area contributed by atoms with Crippen molar-refractivity contribution in [1.29, 1.82) is 0 Å². The van der Waals surface area contributed by atoms with Gasteiger partial charge in [0, 0.05) is 42.9 Å². The number of morpholine rings is 1. The third-order valence-corrected chi connectivity index (χ3v) is 5.75. The first-order chi connectivity index (χ1) is 13.0. The Morgan fingerprint density at radius 2 is 2.04 bits per heavy atom. The minimum atomic E-state index is -0.432. The second-order valence-corrected chi connectivity index (χ2v) is 7.35. The quantitative estimate of drug-likeness (QED) is 0.536. The average molecular weight is 388 g/mol. The molecule has 2 aromatic heterocycles. The summed E-state index contributed by atoms with van der Waals surface area (Å²) in [5, 5.41) is 20.1. The Morgan fingerprint density at radius 3 is 2.81 bits per heavy atom. The van der Waals surface area contributed by atoms with Crippen LogP contribution in [0, 0.1) is 6.92 Å². The number of nitrogens with zero attached hydrogens (tertiary/aromatic N) is 4. The number of phenolic OH excluding ortho intramolecular Hbond substituents is 1. The number of phenols is 1. The predicted octanol–water partition coefficient (Wildman–Crippen LogP) is 2.06. The Bertz CT molecular complexity index is 1040. The first kappa shape index (κ1) is 17.9. The first-order valence-corrected chi connectivity index (χ1v) is 9.63. The van der Waals surface area contributed by atoms with Crippen LogP contribution in [0.25, 0.3) is 11.0 Å². The standard InChI is InChI=1S/C18H20N4O4S/c1-11-14(23)4-3-13-12(9-15(24)26-16(11)13)10-27-18-20-19-17(21(18)2)22-5-7-25-8-6-22/h3-4,9,23H,5-8,10H2,1-2H3. The molecule has 1 aromatic carbocycles. The fourth-order valence-electron chi connectivity index (χ4n) is 3.15. The molecule has 1 aliphatic heterocycles. The molecule has 8 nitrogen and oxygen atoms in total. The van der Waals surface area contributed by atoms with Gasteiger partial charge in [0.05, 0.1) is 13.2 Å². The minimum absolute atomic E-state index is 0.110. The van der Waals surface area contributed by atoms with E-state index < -0.39 is 5.63 Å². The molecule has 9 heteroatoms. The molecule has 0 unspecified atom stereocenters. The SMILES string of the molecule is Cc1c(O)ccc2c(CSc3nnc(N4CCOCC4)n3C)cc(=O)oc12. The second-order valence-electron chi connectivity index (χ2n) is 6.41. The molecule has 4 rings (SSSR count). The van der Waals surface area contributed by atoms with Crippen molar-refractivity contribution in [3.8, 4) is 5.75 Å². The van der Waals surface area contributed by atoms with E-state index in [1.54, 1.807) is 19.1 Å². The van der Waals surface area contributed by atoms with Crippen molar-refractivity contribution in [3.63, 3.8) is 0 Å². The van der Waals surface area contributed by atoms with Crippen LogP contribution in [0.2, 0.25) is 0 Å². The molecule has 0 atom stereocenters. The number of thioether (sulfide) groups is 1. The monoisotopic (exact) mass is 388 g/mol. The van der Waals surface area contributed by atoms with E-state index in [4.69, 9.17) is 9.15 Å². The highest BCUT2D eigenvalue weighted by Gasteiger charge is 2.19. The maximum atomic E-state index is 11.9. The third-order valence-electron chi connectivity index (χ3n) is 4.68. The summed E-state index contributed by atoms with van der Waals surface area (Å²) in [7, 11) is 1.94. The zero-order chi connectivity index (χ0) is 19.0. The van der Waals surface area contributed by atoms with Crippen molar-refractivity contribution in [2.45, 2.75) is 17.8 Å². The molecule has 3 heterocycles. The van der Waals surface area contributed by atoms with E-state index in [0.717, 1.165) is 35.1 Å². The number of rotatable bonds is 4. The zero-order valence-corrected chi connectivity index (χ0v) is 16.0. The molecular formula is C18H20N4O4S. The molecular weight excluding hydrogens is 368 g/mol. The molecule has 142 valence electrons. The van der Waals surface area contributed by atoms with Crippen molar-refractivity contribution in [3.05, 3.63) is 39.7 Å². The van der Waals surface area contributed by atoms with Crippen LogP contribution in [0.3, 0.4) is 0 Å². The van der Waals surface area contributed by atoms with Gasteiger partial charge in [-0.2, -0.15) is 0 Å². The van der Waals surface area contributed by atoms with Gasteiger partial charge in [0.1, 0.15) is 11.3 Å². The van der Waals surface area contributed by atoms with Gasteiger partial charge in [-0.1, -0.05) is 11.8 Å². The number of aromatic nitrogens is 3. The summed E-state index contributed by atoms with van der Waals surface area (Å²) in [6.07, 6.45) is 0. The van der Waals surface area contributed by atoms with E-state index in [1.165, 1.54) is 17.8 Å². The zero-order valence-electron chi connectivity index (χ0n) is 15.1. The van der Waals surface area contributed by atoms with Crippen LogP contribution in [0.1, 0.15) is 11.1 Å². The smallest absolute Gasteiger partial charge is 0.336 e. The van der Waals surface area contributed by atoms with Crippen LogP contribution >= 0.6 is 11.8 Å². The van der Waals surface area contributed by atoms with Crippen LogP contribution < -0.4 is 10.5 Å². The maximum absolute atomic E-state index is 11.9. The fourth-order valence-corrected chi connectivity index (χ4v) is 4.05. The molecule has 1 fully saturated rings. The lowest BCUT2D eigenvalue weighted by atomic mass is 10.1. The van der Waals surface area contributed by atoms with E-state index in [1.807, 2.05) is 11.6 Å². The molecule has 0 radical (unpaired) electrons. The highest BCUT2D eigenvalue weighted by Crippen LogP contribution is 2.31. The van der Waals surface area contributed by atoms with Gasteiger partial charge in [-0.15, -0.1) is 10.2 Å². The Morgan fingerprint density at radius 1 is 1.26 bits per heavy atom. The van der Waals surface area contributed by atoms with Gasteiger partial charge in [0.15, 0.2) is 5.16 Å². The van der Waals surface area contributed by atoms with Gasteiger partial charge in [0.2, 0.25) is 5.95 Å². The van der Waals surface area contributed by atoms with Crippen LogP contribution in [0.5, 0.6) is 5.75 Å². The number of ether oxygens (including phenoxy) is 1. The lowest BCUT2D eigenvalue weighted by Gasteiger charge is -2.27. The average Bonchev–Trinajstić information content (AvgIpc) is 3.04.